The Hall–Kier alpha value is -2.38. The fraction of sp³-hybridized carbons (Fsp3) is 0.571. The third kappa shape index (κ3) is 1.98. The molecule has 0 aromatic carbocycles. The SMILES string of the molecule is Cc1cc(C(=O)N2C[C@@H]3ON=C(C(=O)O)[C@@H]3C2)nn1C1CC1. The first kappa shape index (κ1) is 13.3. The Morgan fingerprint density at radius 1 is 1.36 bits per heavy atom. The number of carbonyl (C=O) groups is 2. The molecule has 1 aliphatic carbocycles. The second kappa shape index (κ2) is 4.56. The summed E-state index contributed by atoms with van der Waals surface area (Å²) < 4.78 is 1.91. The molecular formula is C14H16N4O4. The lowest BCUT2D eigenvalue weighted by Crippen LogP contribution is -2.31. The summed E-state index contributed by atoms with van der Waals surface area (Å²) in [5.41, 5.74) is 1.40. The van der Waals surface area contributed by atoms with Gasteiger partial charge in [-0.1, -0.05) is 5.16 Å². The summed E-state index contributed by atoms with van der Waals surface area (Å²) in [5.74, 6) is -1.62. The maximum absolute atomic E-state index is 12.6. The van der Waals surface area contributed by atoms with Crippen LogP contribution >= 0.6 is 0 Å². The second-order valence-electron chi connectivity index (χ2n) is 6.09. The Kier molecular flexibility index (Phi) is 2.75. The molecule has 1 saturated heterocycles. The van der Waals surface area contributed by atoms with Crippen molar-refractivity contribution in [3.05, 3.63) is 17.5 Å². The number of rotatable bonds is 3. The van der Waals surface area contributed by atoms with Crippen molar-refractivity contribution in [1.82, 2.24) is 14.7 Å². The molecule has 3 heterocycles. The maximum atomic E-state index is 12.6. The summed E-state index contributed by atoms with van der Waals surface area (Å²) in [5, 5.41) is 17.1. The first-order valence-electron chi connectivity index (χ1n) is 7.37. The van der Waals surface area contributed by atoms with E-state index in [4.69, 9.17) is 9.94 Å². The van der Waals surface area contributed by atoms with Gasteiger partial charge in [0.1, 0.15) is 0 Å². The van der Waals surface area contributed by atoms with Gasteiger partial charge in [0.05, 0.1) is 18.5 Å². The number of hydrogen-bond donors (Lipinski definition) is 1. The van der Waals surface area contributed by atoms with Gasteiger partial charge >= 0.3 is 5.97 Å². The Labute approximate surface area is 126 Å². The highest BCUT2D eigenvalue weighted by Gasteiger charge is 2.46. The topological polar surface area (TPSA) is 97.0 Å². The van der Waals surface area contributed by atoms with Gasteiger partial charge in [0.2, 0.25) is 0 Å². The average Bonchev–Trinajstić information content (AvgIpc) is 2.93. The van der Waals surface area contributed by atoms with Crippen LogP contribution in [0.3, 0.4) is 0 Å². The van der Waals surface area contributed by atoms with Crippen molar-refractivity contribution < 1.29 is 19.5 Å². The highest BCUT2D eigenvalue weighted by molar-refractivity contribution is 6.37. The monoisotopic (exact) mass is 304 g/mol. The van der Waals surface area contributed by atoms with E-state index in [9.17, 15) is 9.59 Å². The van der Waals surface area contributed by atoms with Gasteiger partial charge in [-0.15, -0.1) is 0 Å². The number of hydrogen-bond acceptors (Lipinski definition) is 5. The van der Waals surface area contributed by atoms with Crippen LogP contribution in [0.4, 0.5) is 0 Å². The number of aliphatic carboxylic acids is 1. The number of aryl methyl sites for hydroxylation is 1. The van der Waals surface area contributed by atoms with Crippen molar-refractivity contribution in [2.45, 2.75) is 31.9 Å². The summed E-state index contributed by atoms with van der Waals surface area (Å²) in [4.78, 5) is 30.4. The lowest BCUT2D eigenvalue weighted by molar-refractivity contribution is -0.129. The lowest BCUT2D eigenvalue weighted by Gasteiger charge is -2.14. The second-order valence-corrected chi connectivity index (χ2v) is 6.09. The van der Waals surface area contributed by atoms with E-state index in [1.54, 1.807) is 11.0 Å². The number of carboxylic acid groups (broad SMARTS) is 1. The van der Waals surface area contributed by atoms with E-state index in [2.05, 4.69) is 10.3 Å². The Bertz CT molecular complexity index is 691. The van der Waals surface area contributed by atoms with Crippen LogP contribution in [0.1, 0.15) is 35.1 Å². The molecule has 0 bridgehead atoms. The van der Waals surface area contributed by atoms with Gasteiger partial charge in [0.15, 0.2) is 17.5 Å². The molecular weight excluding hydrogens is 288 g/mol. The largest absolute Gasteiger partial charge is 0.477 e. The molecule has 1 aromatic heterocycles. The van der Waals surface area contributed by atoms with Gasteiger partial charge < -0.3 is 14.8 Å². The summed E-state index contributed by atoms with van der Waals surface area (Å²) in [6.45, 7) is 2.60. The van der Waals surface area contributed by atoms with E-state index in [0.29, 0.717) is 24.8 Å². The van der Waals surface area contributed by atoms with Crippen LogP contribution in [-0.2, 0) is 9.63 Å². The minimum absolute atomic E-state index is 0.00000898. The number of carboxylic acids is 1. The van der Waals surface area contributed by atoms with Crippen molar-refractivity contribution in [3.8, 4) is 0 Å². The molecule has 8 heteroatoms. The minimum Gasteiger partial charge on any atom is -0.477 e. The van der Waals surface area contributed by atoms with Crippen molar-refractivity contribution in [3.63, 3.8) is 0 Å². The quantitative estimate of drug-likeness (QED) is 0.874. The van der Waals surface area contributed by atoms with Crippen LogP contribution in [0, 0.1) is 12.8 Å². The highest BCUT2D eigenvalue weighted by Crippen LogP contribution is 2.35. The summed E-state index contributed by atoms with van der Waals surface area (Å²) in [6, 6.07) is 2.22. The predicted molar refractivity (Wildman–Crippen MR) is 74.6 cm³/mol. The molecule has 116 valence electrons. The average molecular weight is 304 g/mol. The van der Waals surface area contributed by atoms with Crippen molar-refractivity contribution >= 4 is 17.6 Å². The number of oxime groups is 1. The molecule has 0 unspecified atom stereocenters. The first-order chi connectivity index (χ1) is 10.5. The molecule has 2 atom stereocenters. The summed E-state index contributed by atoms with van der Waals surface area (Å²) >= 11 is 0. The molecule has 1 N–H and O–H groups in total. The molecule has 1 saturated carbocycles. The standard InChI is InChI=1S/C14H16N4O4/c1-7-4-10(15-18(7)8-2-3-8)13(19)17-5-9-11(6-17)22-16-12(9)14(20)21/h4,8-9,11H,2-3,5-6H2,1H3,(H,20,21)/t9-,11+/m1/s1. The van der Waals surface area contributed by atoms with E-state index in [-0.39, 0.29) is 23.6 Å². The number of carbonyl (C=O) groups excluding carboxylic acids is 1. The van der Waals surface area contributed by atoms with Crippen LogP contribution in [0.2, 0.25) is 0 Å². The molecule has 8 nitrogen and oxygen atoms in total. The Morgan fingerprint density at radius 3 is 2.82 bits per heavy atom. The molecule has 1 aromatic rings. The smallest absolute Gasteiger partial charge is 0.354 e. The third-order valence-electron chi connectivity index (χ3n) is 4.44. The Morgan fingerprint density at radius 2 is 2.14 bits per heavy atom. The van der Waals surface area contributed by atoms with E-state index < -0.39 is 5.97 Å². The zero-order chi connectivity index (χ0) is 15.4. The number of aromatic nitrogens is 2. The number of amides is 1. The molecule has 2 aliphatic heterocycles. The number of fused-ring (bicyclic) bond motifs is 1. The molecule has 2 fully saturated rings. The van der Waals surface area contributed by atoms with Crippen LogP contribution < -0.4 is 0 Å². The van der Waals surface area contributed by atoms with E-state index in [1.807, 2.05) is 11.6 Å². The van der Waals surface area contributed by atoms with Gasteiger partial charge in [0.25, 0.3) is 5.91 Å². The fourth-order valence-corrected chi connectivity index (χ4v) is 3.14. The molecule has 0 radical (unpaired) electrons. The van der Waals surface area contributed by atoms with Crippen molar-refractivity contribution in [2.75, 3.05) is 13.1 Å². The van der Waals surface area contributed by atoms with Gasteiger partial charge in [-0.25, -0.2) is 4.79 Å². The van der Waals surface area contributed by atoms with E-state index in [0.717, 1.165) is 18.5 Å². The lowest BCUT2D eigenvalue weighted by atomic mass is 10.0. The van der Waals surface area contributed by atoms with Crippen molar-refractivity contribution in [2.24, 2.45) is 11.1 Å². The fourth-order valence-electron chi connectivity index (χ4n) is 3.14. The normalized spacial score (nSPS) is 26.6. The van der Waals surface area contributed by atoms with E-state index >= 15 is 0 Å². The molecule has 0 spiro atoms. The molecule has 4 rings (SSSR count). The minimum atomic E-state index is -1.09. The van der Waals surface area contributed by atoms with Crippen LogP contribution in [-0.4, -0.2) is 56.6 Å². The van der Waals surface area contributed by atoms with Crippen LogP contribution in [0.25, 0.3) is 0 Å². The van der Waals surface area contributed by atoms with Crippen LogP contribution in [0.15, 0.2) is 11.2 Å². The molecule has 1 amide bonds. The predicted octanol–water partition coefficient (Wildman–Crippen LogP) is 0.438. The van der Waals surface area contributed by atoms with Crippen LogP contribution in [0.5, 0.6) is 0 Å². The van der Waals surface area contributed by atoms with Gasteiger partial charge in [-0.05, 0) is 25.8 Å². The highest BCUT2D eigenvalue weighted by atomic mass is 16.6. The zero-order valence-corrected chi connectivity index (χ0v) is 12.1. The number of likely N-dealkylation sites (tertiary alicyclic amines) is 1. The van der Waals surface area contributed by atoms with Gasteiger partial charge in [-0.3, -0.25) is 9.48 Å². The molecule has 3 aliphatic rings. The third-order valence-corrected chi connectivity index (χ3v) is 4.44. The number of nitrogens with zero attached hydrogens (tertiary/aromatic N) is 4. The summed E-state index contributed by atoms with van der Waals surface area (Å²) in [7, 11) is 0. The Balaban J connectivity index is 1.51. The zero-order valence-electron chi connectivity index (χ0n) is 12.1. The van der Waals surface area contributed by atoms with Gasteiger partial charge in [0, 0.05) is 12.2 Å². The van der Waals surface area contributed by atoms with E-state index in [1.165, 1.54) is 0 Å². The first-order valence-corrected chi connectivity index (χ1v) is 7.37. The molecule has 22 heavy (non-hydrogen) atoms. The van der Waals surface area contributed by atoms with Gasteiger partial charge in [-0.2, -0.15) is 5.10 Å². The van der Waals surface area contributed by atoms with Crippen molar-refractivity contribution in [1.29, 1.82) is 0 Å². The summed E-state index contributed by atoms with van der Waals surface area (Å²) in [6.07, 6.45) is 1.86. The maximum Gasteiger partial charge on any atom is 0.354 e.